The zero-order valence-electron chi connectivity index (χ0n) is 10.3. The third-order valence-corrected chi connectivity index (χ3v) is 3.84. The molecular weight excluding hydrogens is 210 g/mol. The van der Waals surface area contributed by atoms with E-state index in [4.69, 9.17) is 5.11 Å². The highest BCUT2D eigenvalue weighted by molar-refractivity contribution is 5.48. The van der Waals surface area contributed by atoms with E-state index in [1.165, 1.54) is 44.5 Å². The van der Waals surface area contributed by atoms with Crippen LogP contribution in [0.5, 0.6) is 0 Å². The molecule has 0 aliphatic heterocycles. The van der Waals surface area contributed by atoms with Crippen LogP contribution in [0.4, 0.5) is 5.69 Å². The van der Waals surface area contributed by atoms with Crippen LogP contribution < -0.4 is 4.90 Å². The van der Waals surface area contributed by atoms with Gasteiger partial charge in [-0.3, -0.25) is 0 Å². The van der Waals surface area contributed by atoms with Gasteiger partial charge in [-0.05, 0) is 55.2 Å². The fourth-order valence-corrected chi connectivity index (χ4v) is 2.32. The first-order chi connectivity index (χ1) is 8.35. The smallest absolute Gasteiger partial charge is 0.0681 e. The predicted octanol–water partition coefficient (Wildman–Crippen LogP) is 2.81. The van der Waals surface area contributed by atoms with Crippen molar-refractivity contribution in [3.8, 4) is 0 Å². The molecule has 17 heavy (non-hydrogen) atoms. The van der Waals surface area contributed by atoms with E-state index < -0.39 is 0 Å². The first-order valence-electron chi connectivity index (χ1n) is 6.80. The molecule has 2 nitrogen and oxygen atoms in total. The SMILES string of the molecule is OCc1ccc(N(CC2CC2)CC2CC2)cc1. The minimum Gasteiger partial charge on any atom is -0.392 e. The number of hydrogen-bond acceptors (Lipinski definition) is 2. The summed E-state index contributed by atoms with van der Waals surface area (Å²) in [6.45, 7) is 2.61. The van der Waals surface area contributed by atoms with Crippen molar-refractivity contribution in [3.63, 3.8) is 0 Å². The average Bonchev–Trinajstić information content (AvgIpc) is 3.23. The average molecular weight is 231 g/mol. The minimum absolute atomic E-state index is 0.144. The van der Waals surface area contributed by atoms with E-state index in [2.05, 4.69) is 17.0 Å². The molecular formula is C15H21NO. The van der Waals surface area contributed by atoms with E-state index >= 15 is 0 Å². The van der Waals surface area contributed by atoms with Gasteiger partial charge in [-0.2, -0.15) is 0 Å². The molecule has 2 fully saturated rings. The first-order valence-corrected chi connectivity index (χ1v) is 6.80. The van der Waals surface area contributed by atoms with E-state index in [1.54, 1.807) is 0 Å². The summed E-state index contributed by atoms with van der Waals surface area (Å²) in [6.07, 6.45) is 5.65. The fraction of sp³-hybridized carbons (Fsp3) is 0.600. The Bertz CT molecular complexity index is 351. The topological polar surface area (TPSA) is 23.5 Å². The van der Waals surface area contributed by atoms with Gasteiger partial charge in [-0.15, -0.1) is 0 Å². The summed E-state index contributed by atoms with van der Waals surface area (Å²) in [5.74, 6) is 1.87. The summed E-state index contributed by atoms with van der Waals surface area (Å²) < 4.78 is 0. The molecule has 1 aromatic rings. The van der Waals surface area contributed by atoms with Gasteiger partial charge < -0.3 is 10.0 Å². The highest BCUT2D eigenvalue weighted by atomic mass is 16.3. The van der Waals surface area contributed by atoms with Crippen molar-refractivity contribution in [1.82, 2.24) is 0 Å². The molecule has 3 rings (SSSR count). The molecule has 0 bridgehead atoms. The number of anilines is 1. The van der Waals surface area contributed by atoms with Gasteiger partial charge in [0.2, 0.25) is 0 Å². The quantitative estimate of drug-likeness (QED) is 0.813. The zero-order valence-corrected chi connectivity index (χ0v) is 10.3. The van der Waals surface area contributed by atoms with Crippen molar-refractivity contribution in [2.24, 2.45) is 11.8 Å². The van der Waals surface area contributed by atoms with E-state index in [1.807, 2.05) is 12.1 Å². The van der Waals surface area contributed by atoms with E-state index in [0.717, 1.165) is 17.4 Å². The van der Waals surface area contributed by atoms with Crippen LogP contribution in [-0.2, 0) is 6.61 Å². The number of benzene rings is 1. The molecule has 0 saturated heterocycles. The summed E-state index contributed by atoms with van der Waals surface area (Å²) in [5.41, 5.74) is 2.34. The number of aliphatic hydroxyl groups excluding tert-OH is 1. The highest BCUT2D eigenvalue weighted by Crippen LogP contribution is 2.35. The van der Waals surface area contributed by atoms with Gasteiger partial charge in [0.15, 0.2) is 0 Å². The molecule has 92 valence electrons. The molecule has 2 saturated carbocycles. The Kier molecular flexibility index (Phi) is 3.06. The maximum absolute atomic E-state index is 9.06. The lowest BCUT2D eigenvalue weighted by molar-refractivity contribution is 0.282. The van der Waals surface area contributed by atoms with Crippen molar-refractivity contribution in [3.05, 3.63) is 29.8 Å². The Balaban J connectivity index is 1.69. The maximum Gasteiger partial charge on any atom is 0.0681 e. The zero-order chi connectivity index (χ0) is 11.7. The molecule has 0 atom stereocenters. The standard InChI is InChI=1S/C15H21NO/c17-11-14-5-7-15(8-6-14)16(9-12-1-2-12)10-13-3-4-13/h5-8,12-13,17H,1-4,9-11H2. The molecule has 0 heterocycles. The molecule has 2 aliphatic carbocycles. The Labute approximate surface area is 103 Å². The highest BCUT2D eigenvalue weighted by Gasteiger charge is 2.29. The molecule has 1 aromatic carbocycles. The third-order valence-electron chi connectivity index (χ3n) is 3.84. The van der Waals surface area contributed by atoms with Crippen LogP contribution in [-0.4, -0.2) is 18.2 Å². The second kappa shape index (κ2) is 4.69. The van der Waals surface area contributed by atoms with Gasteiger partial charge in [0.1, 0.15) is 0 Å². The van der Waals surface area contributed by atoms with Crippen LogP contribution in [0.2, 0.25) is 0 Å². The lowest BCUT2D eigenvalue weighted by atomic mass is 10.2. The van der Waals surface area contributed by atoms with Crippen molar-refractivity contribution < 1.29 is 5.11 Å². The lowest BCUT2D eigenvalue weighted by Crippen LogP contribution is -2.27. The number of nitrogens with zero attached hydrogens (tertiary/aromatic N) is 1. The van der Waals surface area contributed by atoms with E-state index in [-0.39, 0.29) is 6.61 Å². The van der Waals surface area contributed by atoms with Crippen molar-refractivity contribution in [2.45, 2.75) is 32.3 Å². The van der Waals surface area contributed by atoms with Crippen LogP contribution in [0.25, 0.3) is 0 Å². The van der Waals surface area contributed by atoms with Crippen molar-refractivity contribution in [1.29, 1.82) is 0 Å². The first kappa shape index (κ1) is 11.1. The molecule has 0 unspecified atom stereocenters. The summed E-state index contributed by atoms with van der Waals surface area (Å²) in [6, 6.07) is 8.41. The molecule has 0 spiro atoms. The van der Waals surface area contributed by atoms with Gasteiger partial charge in [0, 0.05) is 18.8 Å². The van der Waals surface area contributed by atoms with Crippen LogP contribution in [0.3, 0.4) is 0 Å². The number of rotatable bonds is 6. The fourth-order valence-electron chi connectivity index (χ4n) is 2.32. The van der Waals surface area contributed by atoms with Crippen molar-refractivity contribution in [2.75, 3.05) is 18.0 Å². The maximum atomic E-state index is 9.06. The van der Waals surface area contributed by atoms with Crippen LogP contribution in [0.15, 0.2) is 24.3 Å². The van der Waals surface area contributed by atoms with Crippen LogP contribution in [0, 0.1) is 11.8 Å². The van der Waals surface area contributed by atoms with Gasteiger partial charge in [0.25, 0.3) is 0 Å². The second-order valence-corrected chi connectivity index (χ2v) is 5.62. The Morgan fingerprint density at radius 2 is 1.47 bits per heavy atom. The van der Waals surface area contributed by atoms with E-state index in [9.17, 15) is 0 Å². The summed E-state index contributed by atoms with van der Waals surface area (Å²) in [4.78, 5) is 2.55. The molecule has 0 aromatic heterocycles. The molecule has 2 heteroatoms. The van der Waals surface area contributed by atoms with Gasteiger partial charge in [-0.25, -0.2) is 0 Å². The van der Waals surface area contributed by atoms with Crippen molar-refractivity contribution >= 4 is 5.69 Å². The summed E-state index contributed by atoms with van der Waals surface area (Å²) >= 11 is 0. The van der Waals surface area contributed by atoms with Gasteiger partial charge >= 0.3 is 0 Å². The monoisotopic (exact) mass is 231 g/mol. The molecule has 0 radical (unpaired) electrons. The van der Waals surface area contributed by atoms with Gasteiger partial charge in [0.05, 0.1) is 6.61 Å². The van der Waals surface area contributed by atoms with Crippen LogP contribution in [0.1, 0.15) is 31.2 Å². The Hall–Kier alpha value is -1.02. The third kappa shape index (κ3) is 3.01. The number of aliphatic hydroxyl groups is 1. The van der Waals surface area contributed by atoms with E-state index in [0.29, 0.717) is 0 Å². The largest absolute Gasteiger partial charge is 0.392 e. The predicted molar refractivity (Wildman–Crippen MR) is 70.0 cm³/mol. The Morgan fingerprint density at radius 1 is 0.941 bits per heavy atom. The van der Waals surface area contributed by atoms with Crippen LogP contribution >= 0.6 is 0 Å². The summed E-state index contributed by atoms with van der Waals surface area (Å²) in [7, 11) is 0. The number of hydrogen-bond donors (Lipinski definition) is 1. The lowest BCUT2D eigenvalue weighted by Gasteiger charge is -2.25. The second-order valence-electron chi connectivity index (χ2n) is 5.62. The molecule has 0 amide bonds. The van der Waals surface area contributed by atoms with Gasteiger partial charge in [-0.1, -0.05) is 12.1 Å². The summed E-state index contributed by atoms with van der Waals surface area (Å²) in [5, 5.41) is 9.06. The Morgan fingerprint density at radius 3 is 1.88 bits per heavy atom. The molecule has 2 aliphatic rings. The normalized spacial score (nSPS) is 19.4. The minimum atomic E-state index is 0.144. The molecule has 1 N–H and O–H groups in total.